The van der Waals surface area contributed by atoms with Crippen LogP contribution in [0.15, 0.2) is 55.5 Å². The molecule has 0 atom stereocenters. The van der Waals surface area contributed by atoms with Gasteiger partial charge in [-0.25, -0.2) is 9.78 Å². The lowest BCUT2D eigenvalue weighted by Crippen LogP contribution is -2.42. The predicted octanol–water partition coefficient (Wildman–Crippen LogP) is 3.00. The Balaban J connectivity index is 1.65. The number of hydrogen-bond acceptors (Lipinski definition) is 7. The van der Waals surface area contributed by atoms with Crippen LogP contribution in [-0.2, 0) is 4.74 Å². The number of benzene rings is 1. The number of nitrogens with one attached hydrogen (secondary N) is 1. The van der Waals surface area contributed by atoms with Crippen molar-refractivity contribution in [2.24, 2.45) is 10.3 Å². The summed E-state index contributed by atoms with van der Waals surface area (Å²) in [7, 11) is 1.48. The lowest BCUT2D eigenvalue weighted by molar-refractivity contribution is 0.0599. The van der Waals surface area contributed by atoms with Gasteiger partial charge in [0, 0.05) is 17.1 Å². The van der Waals surface area contributed by atoms with E-state index in [0.29, 0.717) is 23.2 Å². The number of oxazole rings is 1. The van der Waals surface area contributed by atoms with E-state index in [2.05, 4.69) is 36.6 Å². The van der Waals surface area contributed by atoms with Crippen LogP contribution in [0.25, 0.3) is 17.0 Å². The summed E-state index contributed by atoms with van der Waals surface area (Å²) in [6.45, 7) is 0.299. The normalized spacial score (nSPS) is 16.5. The standard InChI is InChI=1S/C15H13BrN6O3/c1-24-8-22-15(23)21-7-18-12(13(21)19-20-22)14-17-6-11(25-14)9-2-4-10(16)5-3-9/h2-6,18H,7-8H2,1H3. The van der Waals surface area contributed by atoms with Gasteiger partial charge in [-0.3, -0.25) is 4.90 Å². The maximum Gasteiger partial charge on any atom is 0.351 e. The van der Waals surface area contributed by atoms with Crippen molar-refractivity contribution in [3.8, 4) is 11.3 Å². The molecule has 0 spiro atoms. The molecular weight excluding hydrogens is 392 g/mol. The van der Waals surface area contributed by atoms with Crippen LogP contribution in [-0.4, -0.2) is 41.4 Å². The van der Waals surface area contributed by atoms with Crippen molar-refractivity contribution in [1.82, 2.24) is 20.2 Å². The monoisotopic (exact) mass is 404 g/mol. The highest BCUT2D eigenvalue weighted by atomic mass is 79.9. The number of fused-ring (bicyclic) bond motifs is 1. The van der Waals surface area contributed by atoms with E-state index in [1.807, 2.05) is 24.3 Å². The van der Waals surface area contributed by atoms with E-state index < -0.39 is 0 Å². The largest absolute Gasteiger partial charge is 0.435 e. The third-order valence-corrected chi connectivity index (χ3v) is 4.22. The molecule has 0 aliphatic carbocycles. The van der Waals surface area contributed by atoms with Gasteiger partial charge in [0.05, 0.1) is 12.9 Å². The van der Waals surface area contributed by atoms with Gasteiger partial charge >= 0.3 is 6.03 Å². The van der Waals surface area contributed by atoms with Crippen LogP contribution in [0.1, 0.15) is 5.89 Å². The van der Waals surface area contributed by atoms with Crippen molar-refractivity contribution in [2.75, 3.05) is 20.5 Å². The van der Waals surface area contributed by atoms with Crippen LogP contribution in [0.4, 0.5) is 4.79 Å². The number of amides is 2. The lowest BCUT2D eigenvalue weighted by atomic mass is 10.2. The molecule has 9 nitrogen and oxygen atoms in total. The van der Waals surface area contributed by atoms with Crippen LogP contribution >= 0.6 is 15.9 Å². The molecule has 1 aromatic carbocycles. The molecule has 0 fully saturated rings. The van der Waals surface area contributed by atoms with Gasteiger partial charge in [0.2, 0.25) is 5.89 Å². The van der Waals surface area contributed by atoms with Crippen molar-refractivity contribution in [3.63, 3.8) is 0 Å². The van der Waals surface area contributed by atoms with E-state index in [1.54, 1.807) is 6.20 Å². The zero-order valence-corrected chi connectivity index (χ0v) is 14.7. The Kier molecular flexibility index (Phi) is 3.98. The first kappa shape index (κ1) is 15.8. The van der Waals surface area contributed by atoms with Crippen molar-refractivity contribution in [2.45, 2.75) is 0 Å². The molecule has 3 heterocycles. The minimum absolute atomic E-state index is 0.0359. The van der Waals surface area contributed by atoms with E-state index in [1.165, 1.54) is 12.0 Å². The fraction of sp³-hybridized carbons (Fsp3) is 0.200. The van der Waals surface area contributed by atoms with E-state index in [0.717, 1.165) is 15.0 Å². The highest BCUT2D eigenvalue weighted by molar-refractivity contribution is 9.10. The van der Waals surface area contributed by atoms with Crippen molar-refractivity contribution < 1.29 is 13.9 Å². The summed E-state index contributed by atoms with van der Waals surface area (Å²) in [5.41, 5.74) is 1.42. The van der Waals surface area contributed by atoms with Gasteiger partial charge in [-0.1, -0.05) is 33.3 Å². The molecule has 0 radical (unpaired) electrons. The molecular formula is C15H13BrN6O3. The van der Waals surface area contributed by atoms with Crippen LogP contribution in [0.2, 0.25) is 0 Å². The molecule has 0 saturated carbocycles. The third kappa shape index (κ3) is 2.79. The molecule has 25 heavy (non-hydrogen) atoms. The number of hydrogen-bond donors (Lipinski definition) is 1. The van der Waals surface area contributed by atoms with Crippen LogP contribution in [0.5, 0.6) is 0 Å². The Morgan fingerprint density at radius 2 is 2.16 bits per heavy atom. The Labute approximate surface area is 151 Å². The summed E-state index contributed by atoms with van der Waals surface area (Å²) in [6.07, 6.45) is 1.63. The second-order valence-corrected chi connectivity index (χ2v) is 6.20. The summed E-state index contributed by atoms with van der Waals surface area (Å²) >= 11 is 3.40. The highest BCUT2D eigenvalue weighted by Gasteiger charge is 2.36. The summed E-state index contributed by atoms with van der Waals surface area (Å²) in [5, 5.41) is 12.2. The van der Waals surface area contributed by atoms with E-state index in [4.69, 9.17) is 9.15 Å². The summed E-state index contributed by atoms with van der Waals surface area (Å²) < 4.78 is 11.7. The Morgan fingerprint density at radius 3 is 2.92 bits per heavy atom. The first-order chi connectivity index (χ1) is 12.2. The molecule has 0 saturated heterocycles. The second-order valence-electron chi connectivity index (χ2n) is 5.29. The molecule has 1 N–H and O–H groups in total. The minimum Gasteiger partial charge on any atom is -0.435 e. The maximum atomic E-state index is 12.3. The molecule has 2 aliphatic heterocycles. The third-order valence-electron chi connectivity index (χ3n) is 3.69. The fourth-order valence-electron chi connectivity index (χ4n) is 2.50. The lowest BCUT2D eigenvalue weighted by Gasteiger charge is -2.25. The zero-order chi connectivity index (χ0) is 17.4. The SMILES string of the molecule is COCN1N=NC2=C(c3ncc(-c4ccc(Br)cc4)o3)NCN2C1=O. The van der Waals surface area contributed by atoms with Crippen molar-refractivity contribution >= 4 is 27.7 Å². The molecule has 2 amide bonds. The van der Waals surface area contributed by atoms with Gasteiger partial charge in [-0.05, 0) is 12.1 Å². The maximum absolute atomic E-state index is 12.3. The number of aromatic nitrogens is 1. The molecule has 4 rings (SSSR count). The topological polar surface area (TPSA) is 95.6 Å². The average Bonchev–Trinajstić information content (AvgIpc) is 3.25. The van der Waals surface area contributed by atoms with E-state index >= 15 is 0 Å². The quantitative estimate of drug-likeness (QED) is 0.844. The molecule has 0 unspecified atom stereocenters. The van der Waals surface area contributed by atoms with Gasteiger partial charge in [-0.15, -0.1) is 5.11 Å². The number of carbonyl (C=O) groups is 1. The smallest absolute Gasteiger partial charge is 0.351 e. The number of urea groups is 1. The van der Waals surface area contributed by atoms with Gasteiger partial charge in [0.15, 0.2) is 11.6 Å². The fourth-order valence-corrected chi connectivity index (χ4v) is 2.76. The molecule has 2 aliphatic rings. The Hall–Kier alpha value is -2.72. The molecule has 0 bridgehead atoms. The van der Waals surface area contributed by atoms with Crippen molar-refractivity contribution in [1.29, 1.82) is 0 Å². The predicted molar refractivity (Wildman–Crippen MR) is 90.4 cm³/mol. The Morgan fingerprint density at radius 1 is 1.36 bits per heavy atom. The summed E-state index contributed by atoms with van der Waals surface area (Å²) in [5.74, 6) is 1.35. The number of carbonyl (C=O) groups excluding carboxylic acids is 1. The minimum atomic E-state index is -0.325. The highest BCUT2D eigenvalue weighted by Crippen LogP contribution is 2.31. The van der Waals surface area contributed by atoms with E-state index in [-0.39, 0.29) is 19.4 Å². The first-order valence-electron chi connectivity index (χ1n) is 7.37. The summed E-state index contributed by atoms with van der Waals surface area (Å²) in [4.78, 5) is 18.1. The molecule has 128 valence electrons. The van der Waals surface area contributed by atoms with Crippen molar-refractivity contribution in [3.05, 3.63) is 46.6 Å². The van der Waals surface area contributed by atoms with Gasteiger partial charge < -0.3 is 14.5 Å². The Bertz CT molecular complexity index is 876. The zero-order valence-electron chi connectivity index (χ0n) is 13.1. The second kappa shape index (κ2) is 6.30. The molecule has 2 aromatic rings. The molecule has 10 heteroatoms. The number of nitrogens with zero attached hydrogens (tertiary/aromatic N) is 5. The molecule has 1 aromatic heterocycles. The summed E-state index contributed by atoms with van der Waals surface area (Å²) in [6, 6.07) is 7.37. The van der Waals surface area contributed by atoms with Crippen LogP contribution in [0, 0.1) is 0 Å². The number of rotatable bonds is 4. The van der Waals surface area contributed by atoms with Crippen LogP contribution < -0.4 is 5.32 Å². The van der Waals surface area contributed by atoms with Gasteiger partial charge in [0.1, 0.15) is 12.4 Å². The number of ether oxygens (including phenoxy) is 1. The van der Waals surface area contributed by atoms with Gasteiger partial charge in [-0.2, -0.15) is 5.01 Å². The first-order valence-corrected chi connectivity index (χ1v) is 8.16. The average molecular weight is 405 g/mol. The number of methoxy groups -OCH3 is 1. The number of halogens is 1. The van der Waals surface area contributed by atoms with Gasteiger partial charge in [0.25, 0.3) is 0 Å². The van der Waals surface area contributed by atoms with Crippen LogP contribution in [0.3, 0.4) is 0 Å². The van der Waals surface area contributed by atoms with E-state index in [9.17, 15) is 4.79 Å².